The Bertz CT molecular complexity index is 185. The van der Waals surface area contributed by atoms with E-state index in [1.54, 1.807) is 0 Å². The summed E-state index contributed by atoms with van der Waals surface area (Å²) in [5.74, 6) is 0. The lowest BCUT2D eigenvalue weighted by molar-refractivity contribution is 0.258. The van der Waals surface area contributed by atoms with Crippen molar-refractivity contribution in [3.8, 4) is 6.07 Å². The molecule has 0 spiro atoms. The molecule has 0 aromatic rings. The number of nitrogens with zero attached hydrogens (tertiary/aromatic N) is 2. The first-order valence-electron chi connectivity index (χ1n) is 5.15. The van der Waals surface area contributed by atoms with Crippen LogP contribution in [-0.2, 0) is 0 Å². The van der Waals surface area contributed by atoms with Crippen molar-refractivity contribution in [1.29, 1.82) is 5.26 Å². The van der Waals surface area contributed by atoms with Gasteiger partial charge in [-0.3, -0.25) is 4.90 Å². The third kappa shape index (κ3) is 2.98. The average Bonchev–Trinajstić information content (AvgIpc) is 2.61. The van der Waals surface area contributed by atoms with Crippen molar-refractivity contribution in [2.24, 2.45) is 0 Å². The normalized spacial score (nSPS) is 25.8. The molecule has 2 unspecified atom stereocenters. The van der Waals surface area contributed by atoms with Gasteiger partial charge in [0.05, 0.1) is 12.1 Å². The van der Waals surface area contributed by atoms with Gasteiger partial charge in [0.1, 0.15) is 0 Å². The standard InChI is InChI=1S/C10H19N3/c1-3-13-6-4-5-10(13)8-12-9(2)7-11/h9-10,12H,3-6,8H2,1-2H3. The largest absolute Gasteiger partial charge is 0.301 e. The summed E-state index contributed by atoms with van der Waals surface area (Å²) in [4.78, 5) is 2.48. The van der Waals surface area contributed by atoms with Gasteiger partial charge in [0.2, 0.25) is 0 Å². The van der Waals surface area contributed by atoms with Crippen LogP contribution in [0.5, 0.6) is 0 Å². The Morgan fingerprint density at radius 2 is 2.46 bits per heavy atom. The van der Waals surface area contributed by atoms with Gasteiger partial charge in [-0.05, 0) is 32.9 Å². The van der Waals surface area contributed by atoms with Gasteiger partial charge >= 0.3 is 0 Å². The van der Waals surface area contributed by atoms with Crippen LogP contribution in [0.4, 0.5) is 0 Å². The summed E-state index contributed by atoms with van der Waals surface area (Å²) in [5.41, 5.74) is 0. The van der Waals surface area contributed by atoms with E-state index in [2.05, 4.69) is 23.2 Å². The Morgan fingerprint density at radius 1 is 1.69 bits per heavy atom. The average molecular weight is 181 g/mol. The zero-order chi connectivity index (χ0) is 9.68. The summed E-state index contributed by atoms with van der Waals surface area (Å²) < 4.78 is 0. The third-order valence-corrected chi connectivity index (χ3v) is 2.76. The molecule has 1 saturated heterocycles. The molecule has 3 nitrogen and oxygen atoms in total. The Kier molecular flexibility index (Phi) is 4.20. The number of likely N-dealkylation sites (N-methyl/N-ethyl adjacent to an activating group) is 1. The first-order chi connectivity index (χ1) is 6.27. The molecule has 1 rings (SSSR count). The SMILES string of the molecule is CCN1CCCC1CNC(C)C#N. The molecular formula is C10H19N3. The topological polar surface area (TPSA) is 39.1 Å². The predicted octanol–water partition coefficient (Wildman–Crippen LogP) is 0.972. The van der Waals surface area contributed by atoms with Gasteiger partial charge in [-0.1, -0.05) is 6.92 Å². The van der Waals surface area contributed by atoms with Crippen molar-refractivity contribution in [2.75, 3.05) is 19.6 Å². The zero-order valence-electron chi connectivity index (χ0n) is 8.58. The molecule has 1 aliphatic heterocycles. The Hall–Kier alpha value is -0.590. The van der Waals surface area contributed by atoms with E-state index in [1.807, 2.05) is 6.92 Å². The molecule has 2 atom stereocenters. The van der Waals surface area contributed by atoms with Gasteiger partial charge in [0.15, 0.2) is 0 Å². The highest BCUT2D eigenvalue weighted by atomic mass is 15.2. The number of hydrogen-bond donors (Lipinski definition) is 1. The molecule has 1 heterocycles. The van der Waals surface area contributed by atoms with Crippen LogP contribution in [-0.4, -0.2) is 36.6 Å². The summed E-state index contributed by atoms with van der Waals surface area (Å²) in [6.45, 7) is 7.43. The number of likely N-dealkylation sites (tertiary alicyclic amines) is 1. The van der Waals surface area contributed by atoms with Crippen LogP contribution in [0.2, 0.25) is 0 Å². The van der Waals surface area contributed by atoms with E-state index >= 15 is 0 Å². The fraction of sp³-hybridized carbons (Fsp3) is 0.900. The second kappa shape index (κ2) is 5.21. The minimum atomic E-state index is -0.0145. The van der Waals surface area contributed by atoms with Crippen LogP contribution < -0.4 is 5.32 Å². The van der Waals surface area contributed by atoms with E-state index in [1.165, 1.54) is 19.4 Å². The van der Waals surface area contributed by atoms with E-state index in [0.29, 0.717) is 6.04 Å². The van der Waals surface area contributed by atoms with Gasteiger partial charge in [0, 0.05) is 12.6 Å². The number of nitriles is 1. The first kappa shape index (κ1) is 10.5. The van der Waals surface area contributed by atoms with Crippen LogP contribution in [0.15, 0.2) is 0 Å². The maximum atomic E-state index is 8.61. The van der Waals surface area contributed by atoms with Crippen molar-refractivity contribution >= 4 is 0 Å². The third-order valence-electron chi connectivity index (χ3n) is 2.76. The second-order valence-electron chi connectivity index (χ2n) is 3.68. The van der Waals surface area contributed by atoms with E-state index < -0.39 is 0 Å². The molecule has 1 aliphatic rings. The summed E-state index contributed by atoms with van der Waals surface area (Å²) >= 11 is 0. The van der Waals surface area contributed by atoms with Gasteiger partial charge in [-0.25, -0.2) is 0 Å². The highest BCUT2D eigenvalue weighted by Gasteiger charge is 2.22. The van der Waals surface area contributed by atoms with Crippen LogP contribution in [0.1, 0.15) is 26.7 Å². The summed E-state index contributed by atoms with van der Waals surface area (Å²) in [7, 11) is 0. The minimum Gasteiger partial charge on any atom is -0.301 e. The molecule has 1 N–H and O–H groups in total. The van der Waals surface area contributed by atoms with E-state index in [0.717, 1.165) is 13.1 Å². The second-order valence-corrected chi connectivity index (χ2v) is 3.68. The lowest BCUT2D eigenvalue weighted by atomic mass is 10.2. The Labute approximate surface area is 80.7 Å². The molecule has 0 amide bonds. The van der Waals surface area contributed by atoms with E-state index in [9.17, 15) is 0 Å². The van der Waals surface area contributed by atoms with Gasteiger partial charge in [-0.2, -0.15) is 5.26 Å². The lowest BCUT2D eigenvalue weighted by Gasteiger charge is -2.23. The van der Waals surface area contributed by atoms with Crippen LogP contribution in [0.3, 0.4) is 0 Å². The van der Waals surface area contributed by atoms with Crippen molar-refractivity contribution < 1.29 is 0 Å². The summed E-state index contributed by atoms with van der Waals surface area (Å²) in [6, 6.07) is 2.83. The smallest absolute Gasteiger partial charge is 0.0924 e. The van der Waals surface area contributed by atoms with Crippen LogP contribution in [0.25, 0.3) is 0 Å². The molecule has 0 aromatic carbocycles. The molecule has 0 bridgehead atoms. The van der Waals surface area contributed by atoms with Gasteiger partial charge < -0.3 is 5.32 Å². The van der Waals surface area contributed by atoms with E-state index in [4.69, 9.17) is 5.26 Å². The number of hydrogen-bond acceptors (Lipinski definition) is 3. The maximum Gasteiger partial charge on any atom is 0.0924 e. The van der Waals surface area contributed by atoms with Crippen LogP contribution >= 0.6 is 0 Å². The van der Waals surface area contributed by atoms with Gasteiger partial charge in [-0.15, -0.1) is 0 Å². The minimum absolute atomic E-state index is 0.0145. The zero-order valence-corrected chi connectivity index (χ0v) is 8.58. The predicted molar refractivity (Wildman–Crippen MR) is 53.3 cm³/mol. The Balaban J connectivity index is 2.24. The quantitative estimate of drug-likeness (QED) is 0.702. The maximum absolute atomic E-state index is 8.61. The van der Waals surface area contributed by atoms with Crippen molar-refractivity contribution in [2.45, 2.75) is 38.8 Å². The molecular weight excluding hydrogens is 162 g/mol. The highest BCUT2D eigenvalue weighted by Crippen LogP contribution is 2.15. The molecule has 13 heavy (non-hydrogen) atoms. The fourth-order valence-corrected chi connectivity index (χ4v) is 1.90. The number of rotatable bonds is 4. The van der Waals surface area contributed by atoms with Crippen LogP contribution in [0, 0.1) is 11.3 Å². The molecule has 0 aliphatic carbocycles. The molecule has 0 saturated carbocycles. The Morgan fingerprint density at radius 3 is 3.08 bits per heavy atom. The van der Waals surface area contributed by atoms with Crippen molar-refractivity contribution in [3.63, 3.8) is 0 Å². The summed E-state index contributed by atoms with van der Waals surface area (Å²) in [5, 5.41) is 11.8. The summed E-state index contributed by atoms with van der Waals surface area (Å²) in [6.07, 6.45) is 2.58. The fourth-order valence-electron chi connectivity index (χ4n) is 1.90. The molecule has 0 aromatic heterocycles. The first-order valence-corrected chi connectivity index (χ1v) is 5.15. The highest BCUT2D eigenvalue weighted by molar-refractivity contribution is 4.88. The number of nitrogens with one attached hydrogen (secondary N) is 1. The monoisotopic (exact) mass is 181 g/mol. The van der Waals surface area contributed by atoms with Gasteiger partial charge in [0.25, 0.3) is 0 Å². The van der Waals surface area contributed by atoms with Crippen molar-refractivity contribution in [3.05, 3.63) is 0 Å². The van der Waals surface area contributed by atoms with Crippen molar-refractivity contribution in [1.82, 2.24) is 10.2 Å². The molecule has 74 valence electrons. The lowest BCUT2D eigenvalue weighted by Crippen LogP contribution is -2.40. The molecule has 1 fully saturated rings. The van der Waals surface area contributed by atoms with E-state index in [-0.39, 0.29) is 6.04 Å². The molecule has 3 heteroatoms. The molecule has 0 radical (unpaired) electrons.